The van der Waals surface area contributed by atoms with Crippen LogP contribution in [0.25, 0.3) is 0 Å². The summed E-state index contributed by atoms with van der Waals surface area (Å²) < 4.78 is 0. The maximum atomic E-state index is 12.2. The molecule has 0 atom stereocenters. The summed E-state index contributed by atoms with van der Waals surface area (Å²) in [5.74, 6) is 3.08. The number of pyridine rings is 1. The average molecular weight is 401 g/mol. The second kappa shape index (κ2) is 9.73. The lowest BCUT2D eigenvalue weighted by Gasteiger charge is -2.30. The summed E-state index contributed by atoms with van der Waals surface area (Å²) in [6, 6.07) is 6.46. The summed E-state index contributed by atoms with van der Waals surface area (Å²) in [6.07, 6.45) is 7.48. The van der Waals surface area contributed by atoms with Crippen LogP contribution in [0.3, 0.4) is 0 Å². The molecule has 1 fully saturated rings. The van der Waals surface area contributed by atoms with E-state index in [2.05, 4.69) is 25.6 Å². The minimum absolute atomic E-state index is 0.0975. The molecule has 1 aliphatic carbocycles. The van der Waals surface area contributed by atoms with Gasteiger partial charge in [0.15, 0.2) is 0 Å². The first-order valence-corrected chi connectivity index (χ1v) is 10.6. The Bertz CT molecular complexity index is 778. The summed E-state index contributed by atoms with van der Waals surface area (Å²) in [4.78, 5) is 28.2. The van der Waals surface area contributed by atoms with Gasteiger partial charge in [0.1, 0.15) is 17.5 Å². The van der Waals surface area contributed by atoms with Crippen molar-refractivity contribution in [1.29, 1.82) is 0 Å². The number of nitrogens with zero attached hydrogens (tertiary/aromatic N) is 4. The summed E-state index contributed by atoms with van der Waals surface area (Å²) in [5, 5.41) is 6.71. The molecule has 0 aromatic carbocycles. The Morgan fingerprint density at radius 3 is 2.50 bits per heavy atom. The highest BCUT2D eigenvalue weighted by Gasteiger charge is 2.23. The first-order chi connectivity index (χ1) is 13.5. The molecule has 0 bridgehead atoms. The van der Waals surface area contributed by atoms with Crippen molar-refractivity contribution in [2.75, 3.05) is 30.1 Å². The van der Waals surface area contributed by atoms with Crippen LogP contribution in [0.2, 0.25) is 0 Å². The summed E-state index contributed by atoms with van der Waals surface area (Å²) >= 11 is 1.54. The first-order valence-electron chi connectivity index (χ1n) is 9.61. The minimum Gasteiger partial charge on any atom is -0.367 e. The molecule has 1 aliphatic rings. The normalized spacial score (nSPS) is 19.1. The Morgan fingerprint density at radius 1 is 1.14 bits per heavy atom. The number of thioether (sulfide) groups is 1. The fraction of sp³-hybridized carbons (Fsp3) is 0.500. The van der Waals surface area contributed by atoms with E-state index in [4.69, 9.17) is 0 Å². The van der Waals surface area contributed by atoms with Gasteiger partial charge in [-0.2, -0.15) is 0 Å². The molecular weight excluding hydrogens is 372 g/mol. The van der Waals surface area contributed by atoms with Crippen molar-refractivity contribution < 1.29 is 4.79 Å². The van der Waals surface area contributed by atoms with Gasteiger partial charge in [-0.15, -0.1) is 11.8 Å². The lowest BCUT2D eigenvalue weighted by molar-refractivity contribution is -0.119. The third-order valence-electron chi connectivity index (χ3n) is 4.75. The van der Waals surface area contributed by atoms with E-state index >= 15 is 0 Å². The topological polar surface area (TPSA) is 83.0 Å². The standard InChI is InChI=1S/C20H28N6OS/c1-14-22-18(12-19(23-14)26(2)3)24-15-4-6-16(7-5-15)25-20(27)13-28-17-8-10-21-11-9-17/h8-12,15-16H,4-7,13H2,1-3H3,(H,25,27)(H,22,23,24). The largest absolute Gasteiger partial charge is 0.367 e. The van der Waals surface area contributed by atoms with Gasteiger partial charge in [-0.1, -0.05) is 0 Å². The van der Waals surface area contributed by atoms with Crippen LogP contribution in [0.15, 0.2) is 35.5 Å². The van der Waals surface area contributed by atoms with Gasteiger partial charge in [-0.3, -0.25) is 9.78 Å². The molecule has 0 aliphatic heterocycles. The number of anilines is 2. The molecule has 2 N–H and O–H groups in total. The molecule has 1 amide bonds. The van der Waals surface area contributed by atoms with Gasteiger partial charge in [0.05, 0.1) is 5.75 Å². The van der Waals surface area contributed by atoms with Crippen LogP contribution in [0.1, 0.15) is 31.5 Å². The predicted octanol–water partition coefficient (Wildman–Crippen LogP) is 2.88. The third kappa shape index (κ3) is 6.09. The van der Waals surface area contributed by atoms with Gasteiger partial charge >= 0.3 is 0 Å². The lowest BCUT2D eigenvalue weighted by Crippen LogP contribution is -2.41. The molecular formula is C20H28N6OS. The van der Waals surface area contributed by atoms with E-state index in [1.165, 1.54) is 0 Å². The van der Waals surface area contributed by atoms with Crippen LogP contribution in [0.5, 0.6) is 0 Å². The summed E-state index contributed by atoms with van der Waals surface area (Å²) in [5.41, 5.74) is 0. The molecule has 1 saturated carbocycles. The second-order valence-electron chi connectivity index (χ2n) is 7.29. The van der Waals surface area contributed by atoms with Crippen molar-refractivity contribution >= 4 is 29.3 Å². The van der Waals surface area contributed by atoms with E-state index in [1.54, 1.807) is 24.2 Å². The first kappa shape index (κ1) is 20.4. The number of hydrogen-bond donors (Lipinski definition) is 2. The van der Waals surface area contributed by atoms with E-state index in [-0.39, 0.29) is 11.9 Å². The van der Waals surface area contributed by atoms with Crippen LogP contribution in [0.4, 0.5) is 11.6 Å². The molecule has 8 heteroatoms. The highest BCUT2D eigenvalue weighted by Crippen LogP contribution is 2.23. The number of carbonyl (C=O) groups is 1. The maximum Gasteiger partial charge on any atom is 0.230 e. The molecule has 0 saturated heterocycles. The van der Waals surface area contributed by atoms with Crippen LogP contribution in [-0.4, -0.2) is 52.8 Å². The number of aromatic nitrogens is 3. The second-order valence-corrected chi connectivity index (χ2v) is 8.33. The smallest absolute Gasteiger partial charge is 0.230 e. The SMILES string of the molecule is Cc1nc(NC2CCC(NC(=O)CSc3ccncc3)CC2)cc(N(C)C)n1. The van der Waals surface area contributed by atoms with E-state index in [0.717, 1.165) is 48.0 Å². The van der Waals surface area contributed by atoms with Gasteiger partial charge in [0, 0.05) is 49.5 Å². The quantitative estimate of drug-likeness (QED) is 0.692. The molecule has 3 rings (SSSR count). The van der Waals surface area contributed by atoms with E-state index in [0.29, 0.717) is 11.8 Å². The number of amides is 1. The number of carbonyl (C=O) groups excluding carboxylic acids is 1. The van der Waals surface area contributed by atoms with Crippen LogP contribution in [-0.2, 0) is 4.79 Å². The molecule has 0 spiro atoms. The number of rotatable bonds is 7. The van der Waals surface area contributed by atoms with E-state index in [1.807, 2.05) is 44.1 Å². The third-order valence-corrected chi connectivity index (χ3v) is 5.76. The highest BCUT2D eigenvalue weighted by atomic mass is 32.2. The molecule has 2 heterocycles. The molecule has 0 unspecified atom stereocenters. The Hall–Kier alpha value is -2.35. The summed E-state index contributed by atoms with van der Waals surface area (Å²) in [6.45, 7) is 1.91. The average Bonchev–Trinajstić information content (AvgIpc) is 2.68. The fourth-order valence-corrected chi connectivity index (χ4v) is 3.99. The van der Waals surface area contributed by atoms with Crippen molar-refractivity contribution in [3.05, 3.63) is 36.4 Å². The maximum absolute atomic E-state index is 12.2. The Morgan fingerprint density at radius 2 is 1.82 bits per heavy atom. The highest BCUT2D eigenvalue weighted by molar-refractivity contribution is 8.00. The van der Waals surface area contributed by atoms with Gasteiger partial charge in [-0.25, -0.2) is 9.97 Å². The van der Waals surface area contributed by atoms with Crippen LogP contribution >= 0.6 is 11.8 Å². The monoisotopic (exact) mass is 400 g/mol. The number of aryl methyl sites for hydroxylation is 1. The lowest BCUT2D eigenvalue weighted by atomic mass is 9.91. The van der Waals surface area contributed by atoms with Gasteiger partial charge in [0.2, 0.25) is 5.91 Å². The Labute approximate surface area is 170 Å². The predicted molar refractivity (Wildman–Crippen MR) is 114 cm³/mol. The van der Waals surface area contributed by atoms with Crippen LogP contribution < -0.4 is 15.5 Å². The van der Waals surface area contributed by atoms with Crippen molar-refractivity contribution in [1.82, 2.24) is 20.3 Å². The van der Waals surface area contributed by atoms with Gasteiger partial charge in [-0.05, 0) is 44.7 Å². The van der Waals surface area contributed by atoms with Crippen molar-refractivity contribution in [2.24, 2.45) is 0 Å². The van der Waals surface area contributed by atoms with Gasteiger partial charge < -0.3 is 15.5 Å². The minimum atomic E-state index is 0.0975. The Balaban J connectivity index is 1.42. The van der Waals surface area contributed by atoms with Crippen LogP contribution in [0, 0.1) is 6.92 Å². The van der Waals surface area contributed by atoms with Crippen molar-refractivity contribution in [2.45, 2.75) is 49.6 Å². The zero-order valence-corrected chi connectivity index (χ0v) is 17.5. The van der Waals surface area contributed by atoms with Crippen molar-refractivity contribution in [3.63, 3.8) is 0 Å². The van der Waals surface area contributed by atoms with E-state index < -0.39 is 0 Å². The van der Waals surface area contributed by atoms with E-state index in [9.17, 15) is 4.79 Å². The van der Waals surface area contributed by atoms with Gasteiger partial charge in [0.25, 0.3) is 0 Å². The zero-order chi connectivity index (χ0) is 19.9. The van der Waals surface area contributed by atoms with Crippen molar-refractivity contribution in [3.8, 4) is 0 Å². The fourth-order valence-electron chi connectivity index (χ4n) is 3.30. The number of hydrogen-bond acceptors (Lipinski definition) is 7. The molecule has 2 aromatic heterocycles. The summed E-state index contributed by atoms with van der Waals surface area (Å²) in [7, 11) is 3.96. The molecule has 0 radical (unpaired) electrons. The zero-order valence-electron chi connectivity index (χ0n) is 16.7. The molecule has 28 heavy (non-hydrogen) atoms. The molecule has 7 nitrogen and oxygen atoms in total. The molecule has 2 aromatic rings. The molecule has 150 valence electrons. The Kier molecular flexibility index (Phi) is 7.08. The number of nitrogens with one attached hydrogen (secondary N) is 2.